The van der Waals surface area contributed by atoms with E-state index >= 15 is 0 Å². The van der Waals surface area contributed by atoms with Gasteiger partial charge in [0.2, 0.25) is 0 Å². The Morgan fingerprint density at radius 2 is 1.64 bits per heavy atom. The van der Waals surface area contributed by atoms with Crippen LogP contribution < -0.4 is 5.32 Å². The number of nitrogens with zero attached hydrogens (tertiary/aromatic N) is 1. The van der Waals surface area contributed by atoms with Crippen molar-refractivity contribution in [2.24, 2.45) is 0 Å². The Balaban J connectivity index is 1.77. The molecule has 1 heterocycles. The van der Waals surface area contributed by atoms with Gasteiger partial charge in [-0.05, 0) is 17.5 Å². The number of hydrogen-bond acceptors (Lipinski definition) is 3. The van der Waals surface area contributed by atoms with Crippen LogP contribution in [0.2, 0.25) is 0 Å². The summed E-state index contributed by atoms with van der Waals surface area (Å²) >= 11 is 0. The van der Waals surface area contributed by atoms with Crippen LogP contribution in [0.5, 0.6) is 0 Å². The molecule has 1 saturated heterocycles. The van der Waals surface area contributed by atoms with E-state index in [2.05, 4.69) is 58.7 Å². The SMILES string of the molecule is O=CC1NCCN(Cc2ccccc2)[C@@H]1Cc1ccccc1. The van der Waals surface area contributed by atoms with Gasteiger partial charge in [-0.1, -0.05) is 60.7 Å². The van der Waals surface area contributed by atoms with Gasteiger partial charge in [-0.2, -0.15) is 0 Å². The number of aldehydes is 1. The smallest absolute Gasteiger partial charge is 0.138 e. The number of piperazine rings is 1. The summed E-state index contributed by atoms with van der Waals surface area (Å²) in [6, 6.07) is 21.0. The molecule has 114 valence electrons. The Kier molecular flexibility index (Phi) is 4.99. The fraction of sp³-hybridized carbons (Fsp3) is 0.316. The molecule has 0 amide bonds. The number of rotatable bonds is 5. The predicted molar refractivity (Wildman–Crippen MR) is 88.6 cm³/mol. The normalized spacial score (nSPS) is 22.4. The average Bonchev–Trinajstić information content (AvgIpc) is 2.58. The van der Waals surface area contributed by atoms with Crippen LogP contribution in [0.15, 0.2) is 60.7 Å². The molecule has 3 nitrogen and oxygen atoms in total. The Bertz CT molecular complexity index is 585. The molecule has 3 heteroatoms. The van der Waals surface area contributed by atoms with Gasteiger partial charge in [0.05, 0.1) is 6.04 Å². The average molecular weight is 294 g/mol. The number of benzene rings is 2. The van der Waals surface area contributed by atoms with Crippen LogP contribution in [0.25, 0.3) is 0 Å². The van der Waals surface area contributed by atoms with Gasteiger partial charge >= 0.3 is 0 Å². The van der Waals surface area contributed by atoms with Gasteiger partial charge in [0.1, 0.15) is 6.29 Å². The van der Waals surface area contributed by atoms with Crippen LogP contribution in [0.3, 0.4) is 0 Å². The first-order valence-corrected chi connectivity index (χ1v) is 7.87. The first kappa shape index (κ1) is 14.9. The van der Waals surface area contributed by atoms with Gasteiger partial charge < -0.3 is 10.1 Å². The molecule has 2 aromatic rings. The van der Waals surface area contributed by atoms with Crippen LogP contribution in [0.1, 0.15) is 11.1 Å². The topological polar surface area (TPSA) is 32.3 Å². The van der Waals surface area contributed by atoms with Gasteiger partial charge in [0, 0.05) is 25.7 Å². The van der Waals surface area contributed by atoms with Crippen molar-refractivity contribution in [3.05, 3.63) is 71.8 Å². The number of nitrogens with one attached hydrogen (secondary N) is 1. The fourth-order valence-electron chi connectivity index (χ4n) is 3.17. The largest absolute Gasteiger partial charge is 0.305 e. The predicted octanol–water partition coefficient (Wildman–Crippen LogP) is 2.27. The third kappa shape index (κ3) is 3.62. The standard InChI is InChI=1S/C19H22N2O/c22-15-18-19(13-16-7-3-1-4-8-16)21(12-11-20-18)14-17-9-5-2-6-10-17/h1-10,15,18-20H,11-14H2/t18?,19-/m1/s1. The van der Waals surface area contributed by atoms with Crippen molar-refractivity contribution in [1.82, 2.24) is 10.2 Å². The van der Waals surface area contributed by atoms with E-state index in [9.17, 15) is 4.79 Å². The van der Waals surface area contributed by atoms with Crippen LogP contribution in [0.4, 0.5) is 0 Å². The molecule has 1 aliphatic heterocycles. The van der Waals surface area contributed by atoms with Gasteiger partial charge in [-0.3, -0.25) is 4.90 Å². The zero-order valence-corrected chi connectivity index (χ0v) is 12.7. The van der Waals surface area contributed by atoms with Crippen molar-refractivity contribution in [2.45, 2.75) is 25.0 Å². The minimum absolute atomic E-state index is 0.0994. The maximum atomic E-state index is 11.5. The second-order valence-electron chi connectivity index (χ2n) is 5.83. The second-order valence-corrected chi connectivity index (χ2v) is 5.83. The van der Waals surface area contributed by atoms with Gasteiger partial charge in [0.25, 0.3) is 0 Å². The molecule has 0 spiro atoms. The molecule has 3 rings (SSSR count). The zero-order valence-electron chi connectivity index (χ0n) is 12.7. The summed E-state index contributed by atoms with van der Waals surface area (Å²) in [5, 5.41) is 3.35. The molecule has 2 atom stereocenters. The first-order chi connectivity index (χ1) is 10.9. The lowest BCUT2D eigenvalue weighted by Crippen LogP contribution is -2.59. The molecule has 0 aliphatic carbocycles. The van der Waals surface area contributed by atoms with Gasteiger partial charge in [-0.15, -0.1) is 0 Å². The lowest BCUT2D eigenvalue weighted by molar-refractivity contribution is -0.112. The number of carbonyl (C=O) groups is 1. The van der Waals surface area contributed by atoms with Crippen LogP contribution in [0, 0.1) is 0 Å². The van der Waals surface area contributed by atoms with E-state index in [0.717, 1.165) is 32.3 Å². The molecule has 2 aromatic carbocycles. The van der Waals surface area contributed by atoms with E-state index in [1.165, 1.54) is 11.1 Å². The van der Waals surface area contributed by atoms with Crippen LogP contribution in [-0.2, 0) is 17.8 Å². The van der Waals surface area contributed by atoms with Gasteiger partial charge in [0.15, 0.2) is 0 Å². The summed E-state index contributed by atoms with van der Waals surface area (Å²) in [4.78, 5) is 13.9. The Hall–Kier alpha value is -1.97. The third-order valence-electron chi connectivity index (χ3n) is 4.33. The highest BCUT2D eigenvalue weighted by molar-refractivity contribution is 5.59. The minimum atomic E-state index is -0.0994. The third-order valence-corrected chi connectivity index (χ3v) is 4.33. The zero-order chi connectivity index (χ0) is 15.2. The Morgan fingerprint density at radius 1 is 1.00 bits per heavy atom. The summed E-state index contributed by atoms with van der Waals surface area (Å²) in [7, 11) is 0. The Labute approximate surface area is 132 Å². The van der Waals surface area contributed by atoms with Crippen molar-refractivity contribution >= 4 is 6.29 Å². The summed E-state index contributed by atoms with van der Waals surface area (Å²) in [5.41, 5.74) is 2.58. The van der Waals surface area contributed by atoms with E-state index in [0.29, 0.717) is 0 Å². The summed E-state index contributed by atoms with van der Waals surface area (Å²) in [6.07, 6.45) is 1.95. The molecule has 1 unspecified atom stereocenters. The second kappa shape index (κ2) is 7.34. The quantitative estimate of drug-likeness (QED) is 0.859. The highest BCUT2D eigenvalue weighted by Crippen LogP contribution is 2.17. The van der Waals surface area contributed by atoms with Crippen LogP contribution in [-0.4, -0.2) is 36.4 Å². The lowest BCUT2D eigenvalue weighted by Gasteiger charge is -2.40. The van der Waals surface area contributed by atoms with E-state index in [-0.39, 0.29) is 12.1 Å². The Morgan fingerprint density at radius 3 is 2.27 bits per heavy atom. The summed E-state index contributed by atoms with van der Waals surface area (Å²) in [6.45, 7) is 2.72. The lowest BCUT2D eigenvalue weighted by atomic mass is 9.96. The van der Waals surface area contributed by atoms with Crippen molar-refractivity contribution in [1.29, 1.82) is 0 Å². The van der Waals surface area contributed by atoms with E-state index < -0.39 is 0 Å². The highest BCUT2D eigenvalue weighted by Gasteiger charge is 2.30. The highest BCUT2D eigenvalue weighted by atomic mass is 16.1. The summed E-state index contributed by atoms with van der Waals surface area (Å²) in [5.74, 6) is 0. The molecule has 1 fully saturated rings. The monoisotopic (exact) mass is 294 g/mol. The number of carbonyl (C=O) groups excluding carboxylic acids is 1. The molecule has 22 heavy (non-hydrogen) atoms. The van der Waals surface area contributed by atoms with Crippen molar-refractivity contribution in [3.8, 4) is 0 Å². The van der Waals surface area contributed by atoms with Crippen molar-refractivity contribution < 1.29 is 4.79 Å². The number of hydrogen-bond donors (Lipinski definition) is 1. The maximum Gasteiger partial charge on any atom is 0.138 e. The molecule has 0 aromatic heterocycles. The van der Waals surface area contributed by atoms with E-state index in [1.807, 2.05) is 12.1 Å². The summed E-state index contributed by atoms with van der Waals surface area (Å²) < 4.78 is 0. The van der Waals surface area contributed by atoms with Crippen LogP contribution >= 0.6 is 0 Å². The van der Waals surface area contributed by atoms with Gasteiger partial charge in [-0.25, -0.2) is 0 Å². The van der Waals surface area contributed by atoms with E-state index in [4.69, 9.17) is 0 Å². The van der Waals surface area contributed by atoms with Crippen molar-refractivity contribution in [2.75, 3.05) is 13.1 Å². The molecule has 0 saturated carbocycles. The molecular formula is C19H22N2O. The molecule has 1 N–H and O–H groups in total. The maximum absolute atomic E-state index is 11.5. The minimum Gasteiger partial charge on any atom is -0.305 e. The fourth-order valence-corrected chi connectivity index (χ4v) is 3.17. The van der Waals surface area contributed by atoms with E-state index in [1.54, 1.807) is 0 Å². The molecule has 0 radical (unpaired) electrons. The molecular weight excluding hydrogens is 272 g/mol. The first-order valence-electron chi connectivity index (χ1n) is 7.87. The molecule has 1 aliphatic rings. The van der Waals surface area contributed by atoms with Crippen molar-refractivity contribution in [3.63, 3.8) is 0 Å². The molecule has 0 bridgehead atoms.